The molecule has 3 aromatic rings. The van der Waals surface area contributed by atoms with Crippen molar-refractivity contribution >= 4 is 28.8 Å². The van der Waals surface area contributed by atoms with Gasteiger partial charge in [-0.15, -0.1) is 0 Å². The monoisotopic (exact) mass is 388 g/mol. The maximum atomic E-state index is 12.2. The molecule has 0 saturated carbocycles. The van der Waals surface area contributed by atoms with E-state index in [1.165, 1.54) is 5.69 Å². The number of amides is 1. The molecule has 0 spiro atoms. The number of aryl methyl sites for hydroxylation is 1. The predicted octanol–water partition coefficient (Wildman–Crippen LogP) is 5.16. The number of hydrogen-bond acceptors (Lipinski definition) is 4. The molecule has 0 atom stereocenters. The largest absolute Gasteiger partial charge is 0.372 e. The fourth-order valence-corrected chi connectivity index (χ4v) is 3.25. The average Bonchev–Trinajstić information content (AvgIpc) is 2.71. The van der Waals surface area contributed by atoms with Crippen molar-refractivity contribution < 1.29 is 4.79 Å². The topological polar surface area (TPSA) is 57.3 Å². The van der Waals surface area contributed by atoms with E-state index >= 15 is 0 Å². The van der Waals surface area contributed by atoms with E-state index in [-0.39, 0.29) is 5.91 Å². The Balaban J connectivity index is 1.56. The van der Waals surface area contributed by atoms with Crippen LogP contribution in [0.3, 0.4) is 0 Å². The molecule has 0 aliphatic carbocycles. The van der Waals surface area contributed by atoms with Crippen LogP contribution in [0.2, 0.25) is 0 Å². The van der Waals surface area contributed by atoms with Crippen LogP contribution in [0.4, 0.5) is 22.9 Å². The van der Waals surface area contributed by atoms with Gasteiger partial charge in [0.2, 0.25) is 5.91 Å². The van der Waals surface area contributed by atoms with E-state index in [0.717, 1.165) is 35.7 Å². The Bertz CT molecular complexity index is 932. The van der Waals surface area contributed by atoms with Crippen LogP contribution in [0.15, 0.2) is 66.9 Å². The fraction of sp³-hybridized carbons (Fsp3) is 0.250. The number of carbonyl (C=O) groups excluding carboxylic acids is 1. The van der Waals surface area contributed by atoms with Crippen molar-refractivity contribution in [3.63, 3.8) is 0 Å². The quantitative estimate of drug-likeness (QED) is 0.559. The molecule has 29 heavy (non-hydrogen) atoms. The van der Waals surface area contributed by atoms with Gasteiger partial charge in [-0.2, -0.15) is 0 Å². The first kappa shape index (κ1) is 20.4. The standard InChI is InChI=1S/C24H28N4O/c1-4-28(5-2)22-12-9-20(10-13-22)26-23-14-11-21(17-25-23)27-24(29)16-19-8-6-7-18(3)15-19/h6-15,17H,4-5,16H2,1-3H3,(H,25,26)(H,27,29). The second-order valence-electron chi connectivity index (χ2n) is 6.99. The van der Waals surface area contributed by atoms with Crippen LogP contribution in [0.25, 0.3) is 0 Å². The third-order valence-corrected chi connectivity index (χ3v) is 4.76. The number of nitrogens with zero attached hydrogens (tertiary/aromatic N) is 2. The molecule has 5 heteroatoms. The molecular weight excluding hydrogens is 360 g/mol. The number of aromatic nitrogens is 1. The summed E-state index contributed by atoms with van der Waals surface area (Å²) >= 11 is 0. The summed E-state index contributed by atoms with van der Waals surface area (Å²) in [6, 6.07) is 20.0. The summed E-state index contributed by atoms with van der Waals surface area (Å²) in [5, 5.41) is 6.19. The first-order valence-electron chi connectivity index (χ1n) is 10.0. The lowest BCUT2D eigenvalue weighted by Crippen LogP contribution is -2.21. The van der Waals surface area contributed by atoms with Crippen LogP contribution in [0.5, 0.6) is 0 Å². The van der Waals surface area contributed by atoms with Gasteiger partial charge in [0.15, 0.2) is 0 Å². The number of benzene rings is 2. The zero-order valence-electron chi connectivity index (χ0n) is 17.3. The van der Waals surface area contributed by atoms with Crippen molar-refractivity contribution in [3.8, 4) is 0 Å². The van der Waals surface area contributed by atoms with Gasteiger partial charge in [0.25, 0.3) is 0 Å². The van der Waals surface area contributed by atoms with E-state index in [1.54, 1.807) is 6.20 Å². The fourth-order valence-electron chi connectivity index (χ4n) is 3.25. The summed E-state index contributed by atoms with van der Waals surface area (Å²) < 4.78 is 0. The smallest absolute Gasteiger partial charge is 0.228 e. The van der Waals surface area contributed by atoms with Crippen LogP contribution < -0.4 is 15.5 Å². The Labute approximate surface area is 172 Å². The molecule has 1 heterocycles. The molecule has 0 aliphatic rings. The molecule has 5 nitrogen and oxygen atoms in total. The highest BCUT2D eigenvalue weighted by atomic mass is 16.1. The minimum atomic E-state index is -0.0508. The summed E-state index contributed by atoms with van der Waals surface area (Å²) in [5.41, 5.74) is 5.02. The van der Waals surface area contributed by atoms with Gasteiger partial charge in [0.05, 0.1) is 18.3 Å². The Morgan fingerprint density at radius 1 is 0.966 bits per heavy atom. The SMILES string of the molecule is CCN(CC)c1ccc(Nc2ccc(NC(=O)Cc3cccc(C)c3)cn2)cc1. The molecule has 0 radical (unpaired) electrons. The van der Waals surface area contributed by atoms with E-state index in [2.05, 4.69) is 46.5 Å². The Morgan fingerprint density at radius 2 is 1.69 bits per heavy atom. The van der Waals surface area contributed by atoms with Crippen molar-refractivity contribution in [2.24, 2.45) is 0 Å². The van der Waals surface area contributed by atoms with Crippen LogP contribution in [-0.4, -0.2) is 24.0 Å². The molecule has 0 fully saturated rings. The van der Waals surface area contributed by atoms with Crippen molar-refractivity contribution in [3.05, 3.63) is 78.0 Å². The van der Waals surface area contributed by atoms with E-state index < -0.39 is 0 Å². The minimum absolute atomic E-state index is 0.0508. The van der Waals surface area contributed by atoms with E-state index in [4.69, 9.17) is 0 Å². The lowest BCUT2D eigenvalue weighted by molar-refractivity contribution is -0.115. The summed E-state index contributed by atoms with van der Waals surface area (Å²) in [5.74, 6) is 0.683. The van der Waals surface area contributed by atoms with Gasteiger partial charge in [-0.1, -0.05) is 29.8 Å². The van der Waals surface area contributed by atoms with Crippen LogP contribution in [0.1, 0.15) is 25.0 Å². The van der Waals surface area contributed by atoms with Gasteiger partial charge in [0.1, 0.15) is 5.82 Å². The van der Waals surface area contributed by atoms with Crippen LogP contribution in [-0.2, 0) is 11.2 Å². The summed E-state index contributed by atoms with van der Waals surface area (Å²) in [7, 11) is 0. The molecule has 1 aromatic heterocycles. The zero-order valence-corrected chi connectivity index (χ0v) is 17.3. The molecule has 0 aliphatic heterocycles. The third-order valence-electron chi connectivity index (χ3n) is 4.76. The zero-order chi connectivity index (χ0) is 20.6. The van der Waals surface area contributed by atoms with E-state index in [1.807, 2.05) is 55.5 Å². The molecule has 0 unspecified atom stereocenters. The van der Waals surface area contributed by atoms with Crippen LogP contribution in [0, 0.1) is 6.92 Å². The van der Waals surface area contributed by atoms with Gasteiger partial charge in [-0.25, -0.2) is 4.98 Å². The molecule has 3 rings (SSSR count). The Morgan fingerprint density at radius 3 is 2.31 bits per heavy atom. The van der Waals surface area contributed by atoms with Gasteiger partial charge in [0, 0.05) is 24.5 Å². The van der Waals surface area contributed by atoms with Gasteiger partial charge < -0.3 is 15.5 Å². The lowest BCUT2D eigenvalue weighted by Gasteiger charge is -2.21. The minimum Gasteiger partial charge on any atom is -0.372 e. The van der Waals surface area contributed by atoms with Crippen molar-refractivity contribution in [2.45, 2.75) is 27.2 Å². The predicted molar refractivity (Wildman–Crippen MR) is 121 cm³/mol. The number of nitrogens with one attached hydrogen (secondary N) is 2. The molecule has 1 amide bonds. The summed E-state index contributed by atoms with van der Waals surface area (Å²) in [4.78, 5) is 19.0. The first-order valence-corrected chi connectivity index (χ1v) is 10.0. The second kappa shape index (κ2) is 9.73. The molecule has 2 aromatic carbocycles. The maximum Gasteiger partial charge on any atom is 0.228 e. The summed E-state index contributed by atoms with van der Waals surface area (Å²) in [6.07, 6.45) is 2.02. The van der Waals surface area contributed by atoms with Crippen molar-refractivity contribution in [1.29, 1.82) is 0 Å². The second-order valence-corrected chi connectivity index (χ2v) is 6.99. The number of pyridine rings is 1. The van der Waals surface area contributed by atoms with Gasteiger partial charge in [-0.05, 0) is 62.7 Å². The molecule has 2 N–H and O–H groups in total. The number of anilines is 4. The average molecular weight is 389 g/mol. The summed E-state index contributed by atoms with van der Waals surface area (Å²) in [6.45, 7) is 8.31. The molecule has 150 valence electrons. The van der Waals surface area contributed by atoms with Crippen molar-refractivity contribution in [1.82, 2.24) is 4.98 Å². The number of carbonyl (C=O) groups is 1. The Kier molecular flexibility index (Phi) is 6.85. The lowest BCUT2D eigenvalue weighted by atomic mass is 10.1. The highest BCUT2D eigenvalue weighted by molar-refractivity contribution is 5.92. The number of rotatable bonds is 8. The molecular formula is C24H28N4O. The first-order chi connectivity index (χ1) is 14.1. The number of hydrogen-bond donors (Lipinski definition) is 2. The molecule has 0 bridgehead atoms. The Hall–Kier alpha value is -3.34. The van der Waals surface area contributed by atoms with Gasteiger partial charge in [-0.3, -0.25) is 4.79 Å². The molecule has 0 saturated heterocycles. The highest BCUT2D eigenvalue weighted by Crippen LogP contribution is 2.21. The maximum absolute atomic E-state index is 12.2. The van der Waals surface area contributed by atoms with E-state index in [9.17, 15) is 4.79 Å². The van der Waals surface area contributed by atoms with Crippen molar-refractivity contribution in [2.75, 3.05) is 28.6 Å². The van der Waals surface area contributed by atoms with Crippen LogP contribution >= 0.6 is 0 Å². The highest BCUT2D eigenvalue weighted by Gasteiger charge is 2.06. The van der Waals surface area contributed by atoms with E-state index in [0.29, 0.717) is 12.1 Å². The third kappa shape index (κ3) is 5.82. The normalized spacial score (nSPS) is 10.4. The van der Waals surface area contributed by atoms with Gasteiger partial charge >= 0.3 is 0 Å².